The van der Waals surface area contributed by atoms with E-state index < -0.39 is 0 Å². The quantitative estimate of drug-likeness (QED) is 0.807. The van der Waals surface area contributed by atoms with Crippen LogP contribution in [-0.4, -0.2) is 14.8 Å². The number of aromatic nitrogens is 3. The summed E-state index contributed by atoms with van der Waals surface area (Å²) in [6.45, 7) is 14.0. The van der Waals surface area contributed by atoms with E-state index in [2.05, 4.69) is 51.7 Å². The molecular formula is C12H22ClN3. The van der Waals surface area contributed by atoms with Crippen LogP contribution in [0, 0.1) is 11.3 Å². The first-order valence-corrected chi connectivity index (χ1v) is 6.22. The van der Waals surface area contributed by atoms with Gasteiger partial charge in [0.05, 0.1) is 0 Å². The van der Waals surface area contributed by atoms with Gasteiger partial charge in [0.25, 0.3) is 0 Å². The van der Waals surface area contributed by atoms with Crippen molar-refractivity contribution in [3.05, 3.63) is 11.1 Å². The second-order valence-electron chi connectivity index (χ2n) is 5.71. The lowest BCUT2D eigenvalue weighted by atomic mass is 9.81. The third-order valence-corrected chi connectivity index (χ3v) is 3.66. The molecule has 16 heavy (non-hydrogen) atoms. The number of hydrogen-bond acceptors (Lipinski definition) is 2. The molecule has 4 heteroatoms. The molecule has 1 aromatic heterocycles. The fraction of sp³-hybridized carbons (Fsp3) is 0.833. The summed E-state index contributed by atoms with van der Waals surface area (Å²) in [5.41, 5.74) is 0.190. The van der Waals surface area contributed by atoms with E-state index in [4.69, 9.17) is 11.6 Å². The average molecular weight is 244 g/mol. The van der Waals surface area contributed by atoms with Crippen molar-refractivity contribution in [3.8, 4) is 0 Å². The summed E-state index contributed by atoms with van der Waals surface area (Å²) in [5, 5.41) is 8.60. The highest BCUT2D eigenvalue weighted by Crippen LogP contribution is 2.30. The lowest BCUT2D eigenvalue weighted by molar-refractivity contribution is 0.207. The van der Waals surface area contributed by atoms with E-state index >= 15 is 0 Å². The monoisotopic (exact) mass is 243 g/mol. The maximum absolute atomic E-state index is 6.09. The summed E-state index contributed by atoms with van der Waals surface area (Å²) in [5.74, 6) is 1.91. The van der Waals surface area contributed by atoms with E-state index in [0.717, 1.165) is 12.4 Å². The third kappa shape index (κ3) is 2.76. The minimum atomic E-state index is 0.190. The molecular weight excluding hydrogens is 222 g/mol. The second-order valence-corrected chi connectivity index (χ2v) is 6.05. The van der Waals surface area contributed by atoms with Crippen LogP contribution in [0.3, 0.4) is 0 Å². The van der Waals surface area contributed by atoms with Gasteiger partial charge in [0.2, 0.25) is 5.28 Å². The highest BCUT2D eigenvalue weighted by Gasteiger charge is 2.26. The predicted octanol–water partition coefficient (Wildman–Crippen LogP) is 3.74. The van der Waals surface area contributed by atoms with Crippen LogP contribution in [0.2, 0.25) is 5.28 Å². The maximum atomic E-state index is 6.09. The van der Waals surface area contributed by atoms with Crippen molar-refractivity contribution in [2.75, 3.05) is 0 Å². The molecule has 0 atom stereocenters. The third-order valence-electron chi connectivity index (χ3n) is 3.38. The largest absolute Gasteiger partial charge is 0.301 e. The van der Waals surface area contributed by atoms with Crippen LogP contribution in [-0.2, 0) is 6.54 Å². The standard InChI is InChI=1S/C12H22ClN3/c1-8(2)10-14-15-11(13)16(10)7-12(5,6)9(3)4/h8-9H,7H2,1-6H3. The molecule has 0 unspecified atom stereocenters. The van der Waals surface area contributed by atoms with Crippen molar-refractivity contribution < 1.29 is 0 Å². The summed E-state index contributed by atoms with van der Waals surface area (Å²) in [6, 6.07) is 0. The Balaban J connectivity index is 3.00. The molecule has 0 saturated carbocycles. The van der Waals surface area contributed by atoms with Crippen molar-refractivity contribution >= 4 is 11.6 Å². The molecule has 92 valence electrons. The Bertz CT molecular complexity index is 353. The first kappa shape index (κ1) is 13.5. The van der Waals surface area contributed by atoms with Crippen molar-refractivity contribution in [2.45, 2.75) is 54.0 Å². The maximum Gasteiger partial charge on any atom is 0.225 e. The van der Waals surface area contributed by atoms with Crippen molar-refractivity contribution in [1.29, 1.82) is 0 Å². The Morgan fingerprint density at radius 1 is 1.19 bits per heavy atom. The Kier molecular flexibility index (Phi) is 4.00. The van der Waals surface area contributed by atoms with E-state index in [9.17, 15) is 0 Å². The Labute approximate surface area is 103 Å². The highest BCUT2D eigenvalue weighted by atomic mass is 35.5. The summed E-state index contributed by atoms with van der Waals surface area (Å²) in [7, 11) is 0. The topological polar surface area (TPSA) is 30.7 Å². The van der Waals surface area contributed by atoms with Gasteiger partial charge in [-0.25, -0.2) is 0 Å². The zero-order chi connectivity index (χ0) is 12.5. The van der Waals surface area contributed by atoms with Crippen LogP contribution in [0.4, 0.5) is 0 Å². The molecule has 0 aliphatic rings. The molecule has 0 saturated heterocycles. The zero-order valence-corrected chi connectivity index (χ0v) is 11.8. The van der Waals surface area contributed by atoms with E-state index in [1.807, 2.05) is 4.57 Å². The number of rotatable bonds is 4. The normalized spacial score (nSPS) is 12.8. The van der Waals surface area contributed by atoms with Gasteiger partial charge in [-0.2, -0.15) is 0 Å². The average Bonchev–Trinajstić information content (AvgIpc) is 2.47. The lowest BCUT2D eigenvalue weighted by Crippen LogP contribution is -2.27. The second kappa shape index (κ2) is 4.74. The minimum absolute atomic E-state index is 0.190. The molecule has 0 radical (unpaired) electrons. The van der Waals surface area contributed by atoms with Gasteiger partial charge in [-0.05, 0) is 22.9 Å². The molecule has 1 rings (SSSR count). The molecule has 0 aliphatic carbocycles. The summed E-state index contributed by atoms with van der Waals surface area (Å²) >= 11 is 6.09. The molecule has 0 N–H and O–H groups in total. The smallest absolute Gasteiger partial charge is 0.225 e. The number of hydrogen-bond donors (Lipinski definition) is 0. The molecule has 0 aliphatic heterocycles. The number of nitrogens with zero attached hydrogens (tertiary/aromatic N) is 3. The van der Waals surface area contributed by atoms with Gasteiger partial charge < -0.3 is 4.57 Å². The Morgan fingerprint density at radius 2 is 1.75 bits per heavy atom. The zero-order valence-electron chi connectivity index (χ0n) is 11.1. The SMILES string of the molecule is CC(C)c1nnc(Cl)n1CC(C)(C)C(C)C. The predicted molar refractivity (Wildman–Crippen MR) is 67.7 cm³/mol. The minimum Gasteiger partial charge on any atom is -0.301 e. The van der Waals surface area contributed by atoms with Crippen molar-refractivity contribution in [2.24, 2.45) is 11.3 Å². The summed E-state index contributed by atoms with van der Waals surface area (Å²) in [6.07, 6.45) is 0. The van der Waals surface area contributed by atoms with E-state index in [1.165, 1.54) is 0 Å². The number of halogens is 1. The van der Waals surface area contributed by atoms with Gasteiger partial charge in [0, 0.05) is 12.5 Å². The Morgan fingerprint density at radius 3 is 2.19 bits per heavy atom. The van der Waals surface area contributed by atoms with Gasteiger partial charge in [-0.3, -0.25) is 0 Å². The highest BCUT2D eigenvalue weighted by molar-refractivity contribution is 6.28. The van der Waals surface area contributed by atoms with Crippen LogP contribution in [0.15, 0.2) is 0 Å². The molecule has 3 nitrogen and oxygen atoms in total. The summed E-state index contributed by atoms with van der Waals surface area (Å²) in [4.78, 5) is 0. The van der Waals surface area contributed by atoms with Gasteiger partial charge in [0.1, 0.15) is 5.82 Å². The molecule has 0 spiro atoms. The van der Waals surface area contributed by atoms with E-state index in [0.29, 0.717) is 17.1 Å². The molecule has 1 heterocycles. The molecule has 0 bridgehead atoms. The van der Waals surface area contributed by atoms with Crippen LogP contribution >= 0.6 is 11.6 Å². The van der Waals surface area contributed by atoms with Gasteiger partial charge >= 0.3 is 0 Å². The Hall–Kier alpha value is -0.570. The molecule has 0 aromatic carbocycles. The van der Waals surface area contributed by atoms with Crippen molar-refractivity contribution in [1.82, 2.24) is 14.8 Å². The van der Waals surface area contributed by atoms with Gasteiger partial charge in [-0.15, -0.1) is 10.2 Å². The lowest BCUT2D eigenvalue weighted by Gasteiger charge is -2.30. The van der Waals surface area contributed by atoms with Crippen LogP contribution in [0.25, 0.3) is 0 Å². The fourth-order valence-corrected chi connectivity index (χ4v) is 1.64. The summed E-state index contributed by atoms with van der Waals surface area (Å²) < 4.78 is 2.03. The van der Waals surface area contributed by atoms with Crippen LogP contribution in [0.1, 0.15) is 53.3 Å². The molecule has 1 aromatic rings. The molecule has 0 amide bonds. The van der Waals surface area contributed by atoms with Crippen molar-refractivity contribution in [3.63, 3.8) is 0 Å². The van der Waals surface area contributed by atoms with Crippen LogP contribution in [0.5, 0.6) is 0 Å². The van der Waals surface area contributed by atoms with E-state index in [-0.39, 0.29) is 5.41 Å². The van der Waals surface area contributed by atoms with Gasteiger partial charge in [-0.1, -0.05) is 41.5 Å². The fourth-order valence-electron chi connectivity index (χ4n) is 1.46. The molecule has 0 fully saturated rings. The first-order chi connectivity index (χ1) is 7.25. The van der Waals surface area contributed by atoms with Gasteiger partial charge in [0.15, 0.2) is 0 Å². The van der Waals surface area contributed by atoms with Crippen LogP contribution < -0.4 is 0 Å². The first-order valence-electron chi connectivity index (χ1n) is 5.84. The van der Waals surface area contributed by atoms with E-state index in [1.54, 1.807) is 0 Å².